The Balaban J connectivity index is 2.04. The highest BCUT2D eigenvalue weighted by atomic mass is 16.5. The second-order valence-electron chi connectivity index (χ2n) is 3.97. The van der Waals surface area contributed by atoms with Crippen LogP contribution in [0.1, 0.15) is 11.6 Å². The maximum Gasteiger partial charge on any atom is 0.245 e. The molecule has 0 spiro atoms. The van der Waals surface area contributed by atoms with E-state index in [0.717, 1.165) is 5.56 Å². The van der Waals surface area contributed by atoms with Crippen LogP contribution in [-0.2, 0) is 4.79 Å². The zero-order chi connectivity index (χ0) is 13.7. The highest BCUT2D eigenvalue weighted by Gasteiger charge is 2.15. The maximum atomic E-state index is 12.0. The zero-order valence-corrected chi connectivity index (χ0v) is 10.5. The molecule has 0 fully saturated rings. The first-order valence-corrected chi connectivity index (χ1v) is 5.82. The molecular formula is C14H15N3O2. The average Bonchev–Trinajstić information content (AvgIpc) is 2.48. The standard InChI is InChI=1S/C14H15N3O2/c1-19-12-8-7-11(9-16-12)17-14(18)13(15)10-5-3-2-4-6-10/h2-9,13H,15H2,1H3,(H,17,18)/t13-/m1/s1. The van der Waals surface area contributed by atoms with Gasteiger partial charge in [0.05, 0.1) is 19.0 Å². The molecule has 5 heteroatoms. The number of rotatable bonds is 4. The molecule has 0 saturated heterocycles. The third kappa shape index (κ3) is 3.29. The molecule has 0 radical (unpaired) electrons. The van der Waals surface area contributed by atoms with Gasteiger partial charge in [-0.2, -0.15) is 0 Å². The topological polar surface area (TPSA) is 77.2 Å². The number of nitrogens with two attached hydrogens (primary N) is 1. The summed E-state index contributed by atoms with van der Waals surface area (Å²) >= 11 is 0. The van der Waals surface area contributed by atoms with Crippen molar-refractivity contribution in [2.45, 2.75) is 6.04 Å². The Morgan fingerprint density at radius 3 is 2.58 bits per heavy atom. The Labute approximate surface area is 111 Å². The van der Waals surface area contributed by atoms with E-state index in [4.69, 9.17) is 10.5 Å². The fourth-order valence-corrected chi connectivity index (χ4v) is 1.61. The van der Waals surface area contributed by atoms with Crippen LogP contribution in [0.3, 0.4) is 0 Å². The molecular weight excluding hydrogens is 242 g/mol. The number of anilines is 1. The summed E-state index contributed by atoms with van der Waals surface area (Å²) in [6.07, 6.45) is 1.52. The summed E-state index contributed by atoms with van der Waals surface area (Å²) in [6.45, 7) is 0. The molecule has 0 aliphatic heterocycles. The van der Waals surface area contributed by atoms with Crippen LogP contribution in [0.2, 0.25) is 0 Å². The van der Waals surface area contributed by atoms with Gasteiger partial charge in [0.1, 0.15) is 6.04 Å². The minimum absolute atomic E-state index is 0.279. The molecule has 1 aromatic carbocycles. The van der Waals surface area contributed by atoms with E-state index >= 15 is 0 Å². The van der Waals surface area contributed by atoms with Gasteiger partial charge in [0.2, 0.25) is 11.8 Å². The molecule has 0 aliphatic rings. The van der Waals surface area contributed by atoms with E-state index < -0.39 is 6.04 Å². The number of carbonyl (C=O) groups is 1. The second kappa shape index (κ2) is 5.97. The van der Waals surface area contributed by atoms with Crippen LogP contribution in [0.15, 0.2) is 48.7 Å². The van der Waals surface area contributed by atoms with Crippen LogP contribution < -0.4 is 15.8 Å². The molecule has 98 valence electrons. The molecule has 1 aromatic heterocycles. The first-order chi connectivity index (χ1) is 9.20. The van der Waals surface area contributed by atoms with Crippen molar-refractivity contribution in [2.24, 2.45) is 5.73 Å². The van der Waals surface area contributed by atoms with Crippen molar-refractivity contribution in [2.75, 3.05) is 12.4 Å². The summed E-state index contributed by atoms with van der Waals surface area (Å²) in [5.41, 5.74) is 7.23. The zero-order valence-electron chi connectivity index (χ0n) is 10.5. The summed E-state index contributed by atoms with van der Waals surface area (Å²) in [5.74, 6) is 0.212. The van der Waals surface area contributed by atoms with Gasteiger partial charge in [-0.3, -0.25) is 4.79 Å². The van der Waals surface area contributed by atoms with Crippen LogP contribution in [-0.4, -0.2) is 18.0 Å². The Morgan fingerprint density at radius 1 is 1.26 bits per heavy atom. The van der Waals surface area contributed by atoms with Crippen molar-refractivity contribution in [3.05, 3.63) is 54.2 Å². The number of amides is 1. The Morgan fingerprint density at radius 2 is 2.00 bits per heavy atom. The van der Waals surface area contributed by atoms with Gasteiger partial charge >= 0.3 is 0 Å². The van der Waals surface area contributed by atoms with Gasteiger partial charge in [0.25, 0.3) is 0 Å². The highest BCUT2D eigenvalue weighted by Crippen LogP contribution is 2.15. The van der Waals surface area contributed by atoms with Gasteiger partial charge in [-0.05, 0) is 11.6 Å². The molecule has 2 rings (SSSR count). The number of pyridine rings is 1. The lowest BCUT2D eigenvalue weighted by Crippen LogP contribution is -2.27. The van der Waals surface area contributed by atoms with E-state index in [-0.39, 0.29) is 5.91 Å². The summed E-state index contributed by atoms with van der Waals surface area (Å²) in [6, 6.07) is 11.9. The molecule has 0 saturated carbocycles. The largest absolute Gasteiger partial charge is 0.481 e. The van der Waals surface area contributed by atoms with E-state index in [9.17, 15) is 4.79 Å². The van der Waals surface area contributed by atoms with Gasteiger partial charge in [0.15, 0.2) is 0 Å². The van der Waals surface area contributed by atoms with E-state index in [1.807, 2.05) is 30.3 Å². The molecule has 19 heavy (non-hydrogen) atoms. The number of carbonyl (C=O) groups excluding carboxylic acids is 1. The Kier molecular flexibility index (Phi) is 4.10. The van der Waals surface area contributed by atoms with Crippen molar-refractivity contribution in [1.29, 1.82) is 0 Å². The van der Waals surface area contributed by atoms with Crippen molar-refractivity contribution < 1.29 is 9.53 Å². The van der Waals surface area contributed by atoms with Crippen LogP contribution in [0.25, 0.3) is 0 Å². The van der Waals surface area contributed by atoms with Gasteiger partial charge in [0, 0.05) is 6.07 Å². The number of nitrogens with one attached hydrogen (secondary N) is 1. The van der Waals surface area contributed by atoms with Gasteiger partial charge in [-0.15, -0.1) is 0 Å². The first-order valence-electron chi connectivity index (χ1n) is 5.82. The molecule has 0 unspecified atom stereocenters. The number of aromatic nitrogens is 1. The minimum Gasteiger partial charge on any atom is -0.481 e. The molecule has 0 aliphatic carbocycles. The highest BCUT2D eigenvalue weighted by molar-refractivity contribution is 5.95. The van der Waals surface area contributed by atoms with Crippen LogP contribution in [0, 0.1) is 0 Å². The van der Waals surface area contributed by atoms with E-state index in [0.29, 0.717) is 11.6 Å². The number of methoxy groups -OCH3 is 1. The molecule has 5 nitrogen and oxygen atoms in total. The molecule has 1 atom stereocenters. The van der Waals surface area contributed by atoms with Gasteiger partial charge in [-0.25, -0.2) is 4.98 Å². The van der Waals surface area contributed by atoms with Crippen LogP contribution >= 0.6 is 0 Å². The Hall–Kier alpha value is -2.40. The van der Waals surface area contributed by atoms with Gasteiger partial charge in [-0.1, -0.05) is 30.3 Å². The van der Waals surface area contributed by atoms with Crippen molar-refractivity contribution in [3.63, 3.8) is 0 Å². The quantitative estimate of drug-likeness (QED) is 0.874. The van der Waals surface area contributed by atoms with Crippen molar-refractivity contribution in [1.82, 2.24) is 4.98 Å². The summed E-state index contributed by atoms with van der Waals surface area (Å²) < 4.78 is 4.94. The van der Waals surface area contributed by atoms with Gasteiger partial charge < -0.3 is 15.8 Å². The third-order valence-electron chi connectivity index (χ3n) is 2.65. The van der Waals surface area contributed by atoms with E-state index in [1.54, 1.807) is 12.1 Å². The number of ether oxygens (including phenoxy) is 1. The lowest BCUT2D eigenvalue weighted by Gasteiger charge is -2.12. The minimum atomic E-state index is -0.705. The summed E-state index contributed by atoms with van der Waals surface area (Å²) in [7, 11) is 1.53. The fraction of sp³-hybridized carbons (Fsp3) is 0.143. The van der Waals surface area contributed by atoms with Crippen LogP contribution in [0.5, 0.6) is 5.88 Å². The second-order valence-corrected chi connectivity index (χ2v) is 3.97. The average molecular weight is 257 g/mol. The van der Waals surface area contributed by atoms with E-state index in [1.165, 1.54) is 13.3 Å². The van der Waals surface area contributed by atoms with E-state index in [2.05, 4.69) is 10.3 Å². The lowest BCUT2D eigenvalue weighted by molar-refractivity contribution is -0.117. The Bertz CT molecular complexity index is 540. The molecule has 3 N–H and O–H groups in total. The number of hydrogen-bond acceptors (Lipinski definition) is 4. The number of benzene rings is 1. The van der Waals surface area contributed by atoms with Crippen molar-refractivity contribution in [3.8, 4) is 5.88 Å². The molecule has 0 bridgehead atoms. The molecule has 2 aromatic rings. The molecule has 1 heterocycles. The lowest BCUT2D eigenvalue weighted by atomic mass is 10.1. The van der Waals surface area contributed by atoms with Crippen molar-refractivity contribution >= 4 is 11.6 Å². The predicted octanol–water partition coefficient (Wildman–Crippen LogP) is 1.73. The first kappa shape index (κ1) is 13.0. The molecule has 1 amide bonds. The fourth-order valence-electron chi connectivity index (χ4n) is 1.61. The summed E-state index contributed by atoms with van der Waals surface area (Å²) in [5, 5.41) is 2.71. The smallest absolute Gasteiger partial charge is 0.245 e. The summed E-state index contributed by atoms with van der Waals surface area (Å²) in [4.78, 5) is 16.0. The monoisotopic (exact) mass is 257 g/mol. The van der Waals surface area contributed by atoms with Crippen LogP contribution in [0.4, 0.5) is 5.69 Å². The number of hydrogen-bond donors (Lipinski definition) is 2. The normalized spacial score (nSPS) is 11.7. The predicted molar refractivity (Wildman–Crippen MR) is 72.8 cm³/mol. The maximum absolute atomic E-state index is 12.0. The third-order valence-corrected chi connectivity index (χ3v) is 2.65. The SMILES string of the molecule is COc1ccc(NC(=O)[C@H](N)c2ccccc2)cn1. The number of nitrogens with zero attached hydrogens (tertiary/aromatic N) is 1.